The molecule has 0 heteroatoms. The van der Waals surface area contributed by atoms with Gasteiger partial charge in [0.15, 0.2) is 0 Å². The predicted octanol–water partition coefficient (Wildman–Crippen LogP) is 12.8. The summed E-state index contributed by atoms with van der Waals surface area (Å²) in [5.74, 6) is 0.895. The number of hydrogen-bond acceptors (Lipinski definition) is 0. The monoisotopic (exact) mass is 463 g/mol. The highest BCUT2D eigenvalue weighted by Crippen LogP contribution is 2.16. The highest BCUT2D eigenvalue weighted by atomic mass is 14.0. The van der Waals surface area contributed by atoms with Crippen LogP contribution < -0.4 is 0 Å². The minimum Gasteiger partial charge on any atom is -0.0885 e. The SMILES string of the molecule is CCCCCCCC=CCCCCCCCCCCCCCCCCCCCCCC(C)C. The molecule has 0 aromatic rings. The van der Waals surface area contributed by atoms with Gasteiger partial charge in [0.1, 0.15) is 0 Å². The Morgan fingerprint density at radius 1 is 0.364 bits per heavy atom. The van der Waals surface area contributed by atoms with Crippen LogP contribution in [0.15, 0.2) is 12.2 Å². The molecule has 198 valence electrons. The van der Waals surface area contributed by atoms with E-state index in [2.05, 4.69) is 32.9 Å². The van der Waals surface area contributed by atoms with E-state index in [0.717, 1.165) is 5.92 Å². The van der Waals surface area contributed by atoms with Gasteiger partial charge in [0.25, 0.3) is 0 Å². The van der Waals surface area contributed by atoms with Gasteiger partial charge in [-0.1, -0.05) is 181 Å². The van der Waals surface area contributed by atoms with Gasteiger partial charge in [0.2, 0.25) is 0 Å². The fourth-order valence-electron chi connectivity index (χ4n) is 4.92. The molecule has 0 heterocycles. The zero-order valence-corrected chi connectivity index (χ0v) is 23.8. The number of rotatable bonds is 28. The molecule has 0 aliphatic carbocycles. The zero-order valence-electron chi connectivity index (χ0n) is 23.8. The minimum absolute atomic E-state index is 0.895. The van der Waals surface area contributed by atoms with Gasteiger partial charge in [0, 0.05) is 0 Å². The minimum atomic E-state index is 0.895. The lowest BCUT2D eigenvalue weighted by Gasteiger charge is -2.05. The molecule has 0 spiro atoms. The van der Waals surface area contributed by atoms with E-state index < -0.39 is 0 Å². The van der Waals surface area contributed by atoms with Crippen LogP contribution >= 0.6 is 0 Å². The van der Waals surface area contributed by atoms with Gasteiger partial charge >= 0.3 is 0 Å². The first-order chi connectivity index (χ1) is 16.3. The normalized spacial score (nSPS) is 11.9. The van der Waals surface area contributed by atoms with E-state index >= 15 is 0 Å². The lowest BCUT2D eigenvalue weighted by Crippen LogP contribution is -1.87. The third-order valence-corrected chi connectivity index (χ3v) is 7.29. The molecule has 0 nitrogen and oxygen atoms in total. The van der Waals surface area contributed by atoms with Gasteiger partial charge < -0.3 is 0 Å². The molecule has 0 rings (SSSR count). The highest BCUT2D eigenvalue weighted by molar-refractivity contribution is 4.81. The summed E-state index contributed by atoms with van der Waals surface area (Å²) >= 11 is 0. The molecular weight excluding hydrogens is 396 g/mol. The Morgan fingerprint density at radius 3 is 0.939 bits per heavy atom. The van der Waals surface area contributed by atoms with Crippen LogP contribution in [0.25, 0.3) is 0 Å². The summed E-state index contributed by atoms with van der Waals surface area (Å²) in [4.78, 5) is 0. The number of unbranched alkanes of at least 4 members (excludes halogenated alkanes) is 24. The van der Waals surface area contributed by atoms with E-state index in [-0.39, 0.29) is 0 Å². The third-order valence-electron chi connectivity index (χ3n) is 7.29. The van der Waals surface area contributed by atoms with E-state index in [1.165, 1.54) is 173 Å². The van der Waals surface area contributed by atoms with E-state index in [1.807, 2.05) is 0 Å². The van der Waals surface area contributed by atoms with E-state index in [4.69, 9.17) is 0 Å². The molecule has 0 aromatic carbocycles. The van der Waals surface area contributed by atoms with Crippen LogP contribution in [0.4, 0.5) is 0 Å². The lowest BCUT2D eigenvalue weighted by atomic mass is 10.0. The molecule has 0 amide bonds. The van der Waals surface area contributed by atoms with E-state index in [9.17, 15) is 0 Å². The second-order valence-electron chi connectivity index (χ2n) is 11.4. The molecule has 33 heavy (non-hydrogen) atoms. The van der Waals surface area contributed by atoms with E-state index in [1.54, 1.807) is 0 Å². The molecule has 0 saturated carbocycles. The second-order valence-corrected chi connectivity index (χ2v) is 11.4. The molecular formula is C33H66. The van der Waals surface area contributed by atoms with Crippen LogP contribution in [0, 0.1) is 5.92 Å². The van der Waals surface area contributed by atoms with Crippen molar-refractivity contribution in [2.24, 2.45) is 5.92 Å². The van der Waals surface area contributed by atoms with Crippen molar-refractivity contribution in [3.8, 4) is 0 Å². The summed E-state index contributed by atoms with van der Waals surface area (Å²) < 4.78 is 0. The van der Waals surface area contributed by atoms with Crippen molar-refractivity contribution in [2.75, 3.05) is 0 Å². The summed E-state index contributed by atoms with van der Waals surface area (Å²) in [7, 11) is 0. The summed E-state index contributed by atoms with van der Waals surface area (Å²) in [5.41, 5.74) is 0. The first-order valence-electron chi connectivity index (χ1n) is 15.9. The Kier molecular flexibility index (Phi) is 29.5. The number of hydrogen-bond donors (Lipinski definition) is 0. The Hall–Kier alpha value is -0.260. The molecule has 0 saturated heterocycles. The smallest absolute Gasteiger partial charge is 0.0351 e. The fraction of sp³-hybridized carbons (Fsp3) is 0.939. The standard InChI is InChI=1S/C33H66/c1-4-5-6-7-8-9-10-11-12-13-14-15-16-17-18-19-20-21-22-23-24-25-26-27-28-29-30-31-32-33(2)3/h10-11,33H,4-9,12-32H2,1-3H3. The molecule has 0 aliphatic rings. The van der Waals surface area contributed by atoms with Gasteiger partial charge in [-0.25, -0.2) is 0 Å². The zero-order chi connectivity index (χ0) is 24.1. The molecule has 0 radical (unpaired) electrons. The fourth-order valence-corrected chi connectivity index (χ4v) is 4.92. The predicted molar refractivity (Wildman–Crippen MR) is 154 cm³/mol. The van der Waals surface area contributed by atoms with Crippen molar-refractivity contribution in [1.82, 2.24) is 0 Å². The Morgan fingerprint density at radius 2 is 0.636 bits per heavy atom. The van der Waals surface area contributed by atoms with Gasteiger partial charge in [0.05, 0.1) is 0 Å². The Bertz CT molecular complexity index is 353. The van der Waals surface area contributed by atoms with Crippen molar-refractivity contribution in [3.05, 3.63) is 12.2 Å². The summed E-state index contributed by atoms with van der Waals surface area (Å²) in [5, 5.41) is 0. The number of allylic oxidation sites excluding steroid dienone is 2. The maximum absolute atomic E-state index is 2.44. The first kappa shape index (κ1) is 32.7. The third kappa shape index (κ3) is 31.7. The molecule has 0 bridgehead atoms. The topological polar surface area (TPSA) is 0 Å². The van der Waals surface area contributed by atoms with Crippen LogP contribution in [-0.4, -0.2) is 0 Å². The maximum atomic E-state index is 2.44. The summed E-state index contributed by atoms with van der Waals surface area (Å²) in [6.45, 7) is 6.99. The van der Waals surface area contributed by atoms with Crippen molar-refractivity contribution in [3.63, 3.8) is 0 Å². The summed E-state index contributed by atoms with van der Waals surface area (Å²) in [6, 6.07) is 0. The molecule has 0 atom stereocenters. The molecule has 0 unspecified atom stereocenters. The second kappa shape index (κ2) is 29.8. The Balaban J connectivity index is 3.05. The molecule has 0 aliphatic heterocycles. The Labute approximate surface area is 212 Å². The van der Waals surface area contributed by atoms with Crippen LogP contribution in [0.5, 0.6) is 0 Å². The van der Waals surface area contributed by atoms with Crippen LogP contribution in [0.3, 0.4) is 0 Å². The van der Waals surface area contributed by atoms with Crippen molar-refractivity contribution >= 4 is 0 Å². The van der Waals surface area contributed by atoms with Gasteiger partial charge in [-0.2, -0.15) is 0 Å². The molecule has 0 fully saturated rings. The first-order valence-corrected chi connectivity index (χ1v) is 15.9. The van der Waals surface area contributed by atoms with Crippen LogP contribution in [0.1, 0.15) is 194 Å². The average Bonchev–Trinajstić information content (AvgIpc) is 2.80. The maximum Gasteiger partial charge on any atom is -0.0351 e. The lowest BCUT2D eigenvalue weighted by molar-refractivity contribution is 0.501. The molecule has 0 N–H and O–H groups in total. The van der Waals surface area contributed by atoms with Gasteiger partial charge in [-0.05, 0) is 31.6 Å². The average molecular weight is 463 g/mol. The van der Waals surface area contributed by atoms with Gasteiger partial charge in [-0.15, -0.1) is 0 Å². The largest absolute Gasteiger partial charge is 0.0885 e. The van der Waals surface area contributed by atoms with Crippen molar-refractivity contribution < 1.29 is 0 Å². The van der Waals surface area contributed by atoms with Crippen LogP contribution in [-0.2, 0) is 0 Å². The van der Waals surface area contributed by atoms with Gasteiger partial charge in [-0.3, -0.25) is 0 Å². The van der Waals surface area contributed by atoms with Crippen molar-refractivity contribution in [1.29, 1.82) is 0 Å². The quantitative estimate of drug-likeness (QED) is 0.0800. The van der Waals surface area contributed by atoms with Crippen LogP contribution in [0.2, 0.25) is 0 Å². The summed E-state index contributed by atoms with van der Waals surface area (Å²) in [6.07, 6.45) is 44.0. The highest BCUT2D eigenvalue weighted by Gasteiger charge is 1.96. The van der Waals surface area contributed by atoms with E-state index in [0.29, 0.717) is 0 Å². The molecule has 0 aromatic heterocycles. The van der Waals surface area contributed by atoms with Crippen molar-refractivity contribution in [2.45, 2.75) is 194 Å².